The fourth-order valence-electron chi connectivity index (χ4n) is 2.34. The van der Waals surface area contributed by atoms with Gasteiger partial charge in [0.2, 0.25) is 0 Å². The Hall–Kier alpha value is -0.120. The first kappa shape index (κ1) is 13.9. The lowest BCUT2D eigenvalue weighted by Crippen LogP contribution is -2.35. The molecular weight excluding hydrogens is 202 g/mol. The van der Waals surface area contributed by atoms with E-state index in [0.29, 0.717) is 24.4 Å². The monoisotopic (exact) mass is 229 g/mol. The van der Waals surface area contributed by atoms with E-state index < -0.39 is 0 Å². The molecule has 0 bridgehead atoms. The third kappa shape index (κ3) is 5.28. The summed E-state index contributed by atoms with van der Waals surface area (Å²) in [6.07, 6.45) is 4.26. The van der Waals surface area contributed by atoms with Gasteiger partial charge in [-0.25, -0.2) is 0 Å². The lowest BCUT2D eigenvalue weighted by molar-refractivity contribution is -0.102. The molecule has 0 amide bonds. The van der Waals surface area contributed by atoms with E-state index in [0.717, 1.165) is 32.4 Å². The van der Waals surface area contributed by atoms with Gasteiger partial charge in [0, 0.05) is 12.6 Å². The molecule has 1 saturated heterocycles. The Kier molecular flexibility index (Phi) is 6.32. The van der Waals surface area contributed by atoms with Crippen LogP contribution >= 0.6 is 0 Å². The highest BCUT2D eigenvalue weighted by molar-refractivity contribution is 4.73. The number of hydrogen-bond donors (Lipinski definition) is 1. The van der Waals surface area contributed by atoms with Crippen LogP contribution in [0.2, 0.25) is 0 Å². The Labute approximate surface area is 99.9 Å². The number of rotatable bonds is 6. The summed E-state index contributed by atoms with van der Waals surface area (Å²) in [5.74, 6) is 0. The minimum Gasteiger partial charge on any atom is -0.378 e. The molecule has 0 aromatic rings. The first-order chi connectivity index (χ1) is 7.61. The molecule has 0 radical (unpaired) electrons. The Morgan fingerprint density at radius 3 is 2.50 bits per heavy atom. The van der Waals surface area contributed by atoms with Crippen molar-refractivity contribution in [2.75, 3.05) is 13.2 Å². The van der Waals surface area contributed by atoms with Gasteiger partial charge in [-0.1, -0.05) is 6.92 Å². The van der Waals surface area contributed by atoms with Crippen LogP contribution < -0.4 is 5.32 Å². The van der Waals surface area contributed by atoms with E-state index in [1.807, 2.05) is 0 Å². The van der Waals surface area contributed by atoms with E-state index >= 15 is 0 Å². The number of hydrogen-bond acceptors (Lipinski definition) is 3. The van der Waals surface area contributed by atoms with E-state index in [1.54, 1.807) is 0 Å². The maximum Gasteiger partial charge on any atom is 0.0624 e. The predicted octanol–water partition coefficient (Wildman–Crippen LogP) is 2.35. The molecule has 1 fully saturated rings. The van der Waals surface area contributed by atoms with Crippen LogP contribution in [0.25, 0.3) is 0 Å². The molecule has 1 heterocycles. The van der Waals surface area contributed by atoms with Crippen LogP contribution in [0, 0.1) is 0 Å². The minimum absolute atomic E-state index is 0.347. The van der Waals surface area contributed by atoms with E-state index in [4.69, 9.17) is 9.47 Å². The first-order valence-electron chi connectivity index (χ1n) is 6.62. The Bertz CT molecular complexity index is 177. The van der Waals surface area contributed by atoms with Crippen molar-refractivity contribution in [2.45, 2.75) is 71.3 Å². The second kappa shape index (κ2) is 7.25. The average molecular weight is 229 g/mol. The highest BCUT2D eigenvalue weighted by atomic mass is 16.5. The zero-order chi connectivity index (χ0) is 12.0. The molecule has 3 heteroatoms. The normalized spacial score (nSPS) is 32.6. The van der Waals surface area contributed by atoms with Gasteiger partial charge in [0.1, 0.15) is 0 Å². The molecule has 0 aliphatic carbocycles. The maximum atomic E-state index is 5.92. The number of nitrogens with one attached hydrogen (secondary N) is 1. The van der Waals surface area contributed by atoms with Gasteiger partial charge < -0.3 is 14.8 Å². The summed E-state index contributed by atoms with van der Waals surface area (Å²) in [6.45, 7) is 10.5. The molecular formula is C13H27NO2. The molecule has 1 N–H and O–H groups in total. The summed E-state index contributed by atoms with van der Waals surface area (Å²) in [4.78, 5) is 0. The molecule has 16 heavy (non-hydrogen) atoms. The molecule has 3 atom stereocenters. The molecule has 3 unspecified atom stereocenters. The van der Waals surface area contributed by atoms with Crippen molar-refractivity contribution in [1.82, 2.24) is 5.32 Å². The zero-order valence-corrected chi connectivity index (χ0v) is 11.2. The quantitative estimate of drug-likeness (QED) is 0.758. The van der Waals surface area contributed by atoms with E-state index in [9.17, 15) is 0 Å². The van der Waals surface area contributed by atoms with Crippen LogP contribution in [0.4, 0.5) is 0 Å². The topological polar surface area (TPSA) is 30.5 Å². The van der Waals surface area contributed by atoms with E-state index in [2.05, 4.69) is 33.0 Å². The average Bonchev–Trinajstić information content (AvgIpc) is 2.16. The first-order valence-corrected chi connectivity index (χ1v) is 6.62. The summed E-state index contributed by atoms with van der Waals surface area (Å²) < 4.78 is 11.6. The summed E-state index contributed by atoms with van der Waals surface area (Å²) in [5, 5.41) is 3.40. The summed E-state index contributed by atoms with van der Waals surface area (Å²) >= 11 is 0. The SMILES string of the molecule is CCNC(C)CCOC1CC(C)OC(C)C1. The fraction of sp³-hybridized carbons (Fsp3) is 1.00. The van der Waals surface area contributed by atoms with Crippen LogP contribution in [-0.4, -0.2) is 37.5 Å². The van der Waals surface area contributed by atoms with Gasteiger partial charge in [0.15, 0.2) is 0 Å². The molecule has 1 rings (SSSR count). The van der Waals surface area contributed by atoms with Crippen molar-refractivity contribution >= 4 is 0 Å². The van der Waals surface area contributed by atoms with Gasteiger partial charge in [0.05, 0.1) is 18.3 Å². The predicted molar refractivity (Wildman–Crippen MR) is 66.7 cm³/mol. The molecule has 0 saturated carbocycles. The third-order valence-electron chi connectivity index (χ3n) is 3.11. The second-order valence-electron chi connectivity index (χ2n) is 4.97. The van der Waals surface area contributed by atoms with Crippen molar-refractivity contribution in [3.63, 3.8) is 0 Å². The second-order valence-corrected chi connectivity index (χ2v) is 4.97. The van der Waals surface area contributed by atoms with Gasteiger partial charge >= 0.3 is 0 Å². The lowest BCUT2D eigenvalue weighted by Gasteiger charge is -2.32. The summed E-state index contributed by atoms with van der Waals surface area (Å²) in [6, 6.07) is 0.555. The minimum atomic E-state index is 0.347. The largest absolute Gasteiger partial charge is 0.378 e. The molecule has 0 aromatic carbocycles. The molecule has 0 spiro atoms. The highest BCUT2D eigenvalue weighted by Gasteiger charge is 2.24. The number of ether oxygens (including phenoxy) is 2. The van der Waals surface area contributed by atoms with E-state index in [-0.39, 0.29) is 0 Å². The standard InChI is InChI=1S/C13H27NO2/c1-5-14-10(2)6-7-15-13-8-11(3)16-12(4)9-13/h10-14H,5-9H2,1-4H3. The van der Waals surface area contributed by atoms with Crippen LogP contribution in [0.1, 0.15) is 47.0 Å². The maximum absolute atomic E-state index is 5.92. The van der Waals surface area contributed by atoms with Crippen LogP contribution in [0.5, 0.6) is 0 Å². The Morgan fingerprint density at radius 1 is 1.31 bits per heavy atom. The molecule has 96 valence electrons. The van der Waals surface area contributed by atoms with Crippen molar-refractivity contribution in [1.29, 1.82) is 0 Å². The fourth-order valence-corrected chi connectivity index (χ4v) is 2.34. The molecule has 1 aliphatic rings. The van der Waals surface area contributed by atoms with Gasteiger partial charge in [-0.2, -0.15) is 0 Å². The van der Waals surface area contributed by atoms with E-state index in [1.165, 1.54) is 0 Å². The lowest BCUT2D eigenvalue weighted by atomic mass is 10.0. The van der Waals surface area contributed by atoms with Crippen molar-refractivity contribution in [3.05, 3.63) is 0 Å². The van der Waals surface area contributed by atoms with Gasteiger partial charge in [-0.05, 0) is 46.6 Å². The van der Waals surface area contributed by atoms with Crippen molar-refractivity contribution in [2.24, 2.45) is 0 Å². The third-order valence-corrected chi connectivity index (χ3v) is 3.11. The van der Waals surface area contributed by atoms with Crippen molar-refractivity contribution < 1.29 is 9.47 Å². The van der Waals surface area contributed by atoms with Gasteiger partial charge in [0.25, 0.3) is 0 Å². The molecule has 1 aliphatic heterocycles. The van der Waals surface area contributed by atoms with Crippen LogP contribution in [-0.2, 0) is 9.47 Å². The highest BCUT2D eigenvalue weighted by Crippen LogP contribution is 2.21. The Balaban J connectivity index is 2.12. The Morgan fingerprint density at radius 2 is 1.94 bits per heavy atom. The molecule has 3 nitrogen and oxygen atoms in total. The zero-order valence-electron chi connectivity index (χ0n) is 11.2. The smallest absolute Gasteiger partial charge is 0.0624 e. The van der Waals surface area contributed by atoms with Crippen LogP contribution in [0.15, 0.2) is 0 Å². The molecule has 0 aromatic heterocycles. The van der Waals surface area contributed by atoms with Crippen LogP contribution in [0.3, 0.4) is 0 Å². The van der Waals surface area contributed by atoms with Gasteiger partial charge in [-0.15, -0.1) is 0 Å². The van der Waals surface area contributed by atoms with Gasteiger partial charge in [-0.3, -0.25) is 0 Å². The summed E-state index contributed by atoms with van der Waals surface area (Å²) in [7, 11) is 0. The summed E-state index contributed by atoms with van der Waals surface area (Å²) in [5.41, 5.74) is 0. The van der Waals surface area contributed by atoms with Crippen molar-refractivity contribution in [3.8, 4) is 0 Å².